The summed E-state index contributed by atoms with van der Waals surface area (Å²) in [5, 5.41) is 0. The molecule has 0 saturated carbocycles. The van der Waals surface area contributed by atoms with Gasteiger partial charge in [-0.3, -0.25) is 4.79 Å². The molecule has 2 N–H and O–H groups in total. The zero-order valence-corrected chi connectivity index (χ0v) is 8.58. The maximum absolute atomic E-state index is 12.0. The Balaban J connectivity index is 2.74. The summed E-state index contributed by atoms with van der Waals surface area (Å²) in [7, 11) is 1.29. The van der Waals surface area contributed by atoms with Gasteiger partial charge in [0.1, 0.15) is 6.42 Å². The summed E-state index contributed by atoms with van der Waals surface area (Å²) >= 11 is 0. The molecular weight excluding hydrogens is 221 g/mol. The van der Waals surface area contributed by atoms with Gasteiger partial charge in [-0.1, -0.05) is 0 Å². The number of carbonyl (C=O) groups excluding carboxylic acids is 1. The van der Waals surface area contributed by atoms with E-state index in [0.29, 0.717) is 11.4 Å². The van der Waals surface area contributed by atoms with Crippen LogP contribution in [-0.2, 0) is 4.79 Å². The Morgan fingerprint density at radius 1 is 1.31 bits per heavy atom. The second-order valence-electron chi connectivity index (χ2n) is 3.34. The summed E-state index contributed by atoms with van der Waals surface area (Å²) in [5.41, 5.74) is 6.29. The van der Waals surface area contributed by atoms with Gasteiger partial charge in [-0.05, 0) is 24.3 Å². The second-order valence-corrected chi connectivity index (χ2v) is 3.34. The van der Waals surface area contributed by atoms with E-state index in [0.717, 1.165) is 4.90 Å². The summed E-state index contributed by atoms with van der Waals surface area (Å²) in [6, 6.07) is 6.02. The number of hydrogen-bond acceptors (Lipinski definition) is 2. The first-order chi connectivity index (χ1) is 7.29. The number of alkyl halides is 3. The molecule has 0 spiro atoms. The molecule has 0 saturated heterocycles. The van der Waals surface area contributed by atoms with Gasteiger partial charge in [0.2, 0.25) is 5.91 Å². The van der Waals surface area contributed by atoms with Crippen molar-refractivity contribution in [3.63, 3.8) is 0 Å². The van der Waals surface area contributed by atoms with E-state index in [1.54, 1.807) is 0 Å². The highest BCUT2D eigenvalue weighted by Crippen LogP contribution is 2.23. The molecule has 88 valence electrons. The predicted octanol–water partition coefficient (Wildman–Crippen LogP) is 2.18. The fourth-order valence-corrected chi connectivity index (χ4v) is 1.13. The number of nitrogens with two attached hydrogens (primary N) is 1. The van der Waals surface area contributed by atoms with Crippen LogP contribution < -0.4 is 10.6 Å². The molecule has 1 aromatic rings. The lowest BCUT2D eigenvalue weighted by Crippen LogP contribution is -2.30. The van der Waals surface area contributed by atoms with Crippen molar-refractivity contribution in [2.75, 3.05) is 17.7 Å². The SMILES string of the molecule is CN(C(=O)CC(F)(F)F)c1ccc(N)cc1. The van der Waals surface area contributed by atoms with Crippen molar-refractivity contribution in [2.24, 2.45) is 0 Å². The normalized spacial score (nSPS) is 11.2. The summed E-state index contributed by atoms with van der Waals surface area (Å²) < 4.78 is 35.9. The molecule has 0 heterocycles. The van der Waals surface area contributed by atoms with Crippen LogP contribution in [0, 0.1) is 0 Å². The minimum Gasteiger partial charge on any atom is -0.399 e. The van der Waals surface area contributed by atoms with Crippen molar-refractivity contribution in [1.82, 2.24) is 0 Å². The third-order valence-electron chi connectivity index (χ3n) is 2.01. The minimum atomic E-state index is -4.49. The lowest BCUT2D eigenvalue weighted by Gasteiger charge is -2.18. The monoisotopic (exact) mass is 232 g/mol. The summed E-state index contributed by atoms with van der Waals surface area (Å²) in [6.07, 6.45) is -5.95. The molecule has 6 heteroatoms. The van der Waals surface area contributed by atoms with E-state index in [-0.39, 0.29) is 0 Å². The van der Waals surface area contributed by atoms with Gasteiger partial charge in [0.15, 0.2) is 0 Å². The Hall–Kier alpha value is -1.72. The predicted molar refractivity (Wildman–Crippen MR) is 54.9 cm³/mol. The van der Waals surface area contributed by atoms with Crippen LogP contribution in [0.2, 0.25) is 0 Å². The van der Waals surface area contributed by atoms with Gasteiger partial charge in [-0.15, -0.1) is 0 Å². The molecule has 0 unspecified atom stereocenters. The summed E-state index contributed by atoms with van der Waals surface area (Å²) in [6.45, 7) is 0. The zero-order chi connectivity index (χ0) is 12.3. The van der Waals surface area contributed by atoms with E-state index >= 15 is 0 Å². The minimum absolute atomic E-state index is 0.378. The fourth-order valence-electron chi connectivity index (χ4n) is 1.13. The van der Waals surface area contributed by atoms with Gasteiger partial charge < -0.3 is 10.6 Å². The molecule has 0 aliphatic heterocycles. The van der Waals surface area contributed by atoms with Gasteiger partial charge in [0.25, 0.3) is 0 Å². The summed E-state index contributed by atoms with van der Waals surface area (Å²) in [4.78, 5) is 12.2. The van der Waals surface area contributed by atoms with Crippen LogP contribution in [0.5, 0.6) is 0 Å². The molecule has 0 fully saturated rings. The van der Waals surface area contributed by atoms with Gasteiger partial charge in [0.05, 0.1) is 0 Å². The van der Waals surface area contributed by atoms with Gasteiger partial charge >= 0.3 is 6.18 Å². The van der Waals surface area contributed by atoms with E-state index in [9.17, 15) is 18.0 Å². The van der Waals surface area contributed by atoms with Crippen LogP contribution in [0.4, 0.5) is 24.5 Å². The van der Waals surface area contributed by atoms with E-state index in [4.69, 9.17) is 5.73 Å². The first-order valence-corrected chi connectivity index (χ1v) is 4.48. The number of hydrogen-bond donors (Lipinski definition) is 1. The van der Waals surface area contributed by atoms with Crippen molar-refractivity contribution in [1.29, 1.82) is 0 Å². The number of halogens is 3. The zero-order valence-electron chi connectivity index (χ0n) is 8.58. The van der Waals surface area contributed by atoms with Crippen molar-refractivity contribution in [3.05, 3.63) is 24.3 Å². The lowest BCUT2D eigenvalue weighted by atomic mass is 10.2. The Bertz CT molecular complexity index is 373. The van der Waals surface area contributed by atoms with Gasteiger partial charge in [-0.25, -0.2) is 0 Å². The van der Waals surface area contributed by atoms with Crippen molar-refractivity contribution < 1.29 is 18.0 Å². The van der Waals surface area contributed by atoms with Crippen LogP contribution >= 0.6 is 0 Å². The van der Waals surface area contributed by atoms with E-state index in [1.807, 2.05) is 0 Å². The standard InChI is InChI=1S/C10H11F3N2O/c1-15(9(16)6-10(11,12)13)8-4-2-7(14)3-5-8/h2-5H,6,14H2,1H3. The van der Waals surface area contributed by atoms with Crippen molar-refractivity contribution in [3.8, 4) is 0 Å². The summed E-state index contributed by atoms with van der Waals surface area (Å²) in [5.74, 6) is -1.00. The van der Waals surface area contributed by atoms with Crippen LogP contribution in [0.25, 0.3) is 0 Å². The smallest absolute Gasteiger partial charge is 0.397 e. The average molecular weight is 232 g/mol. The maximum Gasteiger partial charge on any atom is 0.397 e. The number of nitrogen functional groups attached to an aromatic ring is 1. The van der Waals surface area contributed by atoms with E-state index < -0.39 is 18.5 Å². The fraction of sp³-hybridized carbons (Fsp3) is 0.300. The third kappa shape index (κ3) is 3.45. The Kier molecular flexibility index (Phi) is 3.41. The maximum atomic E-state index is 12.0. The highest BCUT2D eigenvalue weighted by Gasteiger charge is 2.32. The first-order valence-electron chi connectivity index (χ1n) is 4.48. The number of nitrogens with zero attached hydrogens (tertiary/aromatic N) is 1. The van der Waals surface area contributed by atoms with Crippen LogP contribution in [0.3, 0.4) is 0 Å². The molecule has 0 aliphatic carbocycles. The van der Waals surface area contributed by atoms with Crippen LogP contribution in [-0.4, -0.2) is 19.1 Å². The average Bonchev–Trinajstić information content (AvgIpc) is 2.15. The quantitative estimate of drug-likeness (QED) is 0.794. The number of carbonyl (C=O) groups is 1. The van der Waals surface area contributed by atoms with Gasteiger partial charge in [0, 0.05) is 18.4 Å². The van der Waals surface area contributed by atoms with Crippen LogP contribution in [0.15, 0.2) is 24.3 Å². The topological polar surface area (TPSA) is 46.3 Å². The number of rotatable bonds is 2. The Labute approximate surface area is 90.6 Å². The molecule has 0 atom stereocenters. The Morgan fingerprint density at radius 2 is 1.81 bits per heavy atom. The molecule has 3 nitrogen and oxygen atoms in total. The molecule has 0 aliphatic rings. The number of anilines is 2. The first kappa shape index (κ1) is 12.4. The molecule has 0 radical (unpaired) electrons. The largest absolute Gasteiger partial charge is 0.399 e. The highest BCUT2D eigenvalue weighted by molar-refractivity contribution is 5.93. The highest BCUT2D eigenvalue weighted by atomic mass is 19.4. The second kappa shape index (κ2) is 4.42. The van der Waals surface area contributed by atoms with E-state index in [1.165, 1.54) is 31.3 Å². The van der Waals surface area contributed by atoms with Crippen molar-refractivity contribution in [2.45, 2.75) is 12.6 Å². The molecule has 16 heavy (non-hydrogen) atoms. The molecular formula is C10H11F3N2O. The number of benzene rings is 1. The number of amides is 1. The molecule has 1 rings (SSSR count). The molecule has 0 aromatic heterocycles. The lowest BCUT2D eigenvalue weighted by molar-refractivity contribution is -0.151. The van der Waals surface area contributed by atoms with Gasteiger partial charge in [-0.2, -0.15) is 13.2 Å². The molecule has 0 bridgehead atoms. The molecule has 1 amide bonds. The van der Waals surface area contributed by atoms with E-state index in [2.05, 4.69) is 0 Å². The molecule has 1 aromatic carbocycles. The van der Waals surface area contributed by atoms with Crippen molar-refractivity contribution >= 4 is 17.3 Å². The third-order valence-corrected chi connectivity index (χ3v) is 2.01. The Morgan fingerprint density at radius 3 is 2.25 bits per heavy atom. The van der Waals surface area contributed by atoms with Crippen LogP contribution in [0.1, 0.15) is 6.42 Å².